The van der Waals surface area contributed by atoms with Crippen molar-refractivity contribution in [2.75, 3.05) is 0 Å². The molecule has 2 aliphatic rings. The number of hydrogen-bond acceptors (Lipinski definition) is 5. The molecule has 3 heterocycles. The molecular formula is C54H56O5. The Labute approximate surface area is 349 Å². The molecule has 0 bridgehead atoms. The maximum Gasteiger partial charge on any atom is 0.186 e. The van der Waals surface area contributed by atoms with Crippen molar-refractivity contribution in [3.05, 3.63) is 178 Å². The number of furan rings is 3. The van der Waals surface area contributed by atoms with Crippen molar-refractivity contribution >= 4 is 22.7 Å². The lowest BCUT2D eigenvalue weighted by molar-refractivity contribution is -0.114. The normalized spacial score (nSPS) is 15.5. The number of ketones is 2. The average molecular weight is 785 g/mol. The van der Waals surface area contributed by atoms with Crippen LogP contribution >= 0.6 is 0 Å². The number of rotatable bonds is 6. The minimum Gasteiger partial charge on any atom is -0.464 e. The summed E-state index contributed by atoms with van der Waals surface area (Å²) in [4.78, 5) is 28.6. The van der Waals surface area contributed by atoms with Gasteiger partial charge in [-0.25, -0.2) is 0 Å². The monoisotopic (exact) mass is 784 g/mol. The van der Waals surface area contributed by atoms with Gasteiger partial charge in [-0.1, -0.05) is 144 Å². The standard InChI is InChI=1S/C54H56O5/c1-51(2,3)37-29-35(30-38(47(37)55)52(4,5)6)43(41-25-19-27-57-41)49-45(33-21-15-13-16-22-33)46(34-23-17-14-18-24-34)50(59-49)44(42-26-20-28-58-42)36-31-39(53(7,8)9)48(56)40(32-36)54(10,11)12/h13-32H,1-12H3. The Morgan fingerprint density at radius 2 is 0.712 bits per heavy atom. The Hall–Kier alpha value is -5.94. The largest absolute Gasteiger partial charge is 0.464 e. The molecule has 59 heavy (non-hydrogen) atoms. The van der Waals surface area contributed by atoms with Crippen LogP contribution in [0.5, 0.6) is 0 Å². The second-order valence-electron chi connectivity index (χ2n) is 19.7. The van der Waals surface area contributed by atoms with Crippen LogP contribution in [0.4, 0.5) is 0 Å². The second-order valence-corrected chi connectivity index (χ2v) is 19.7. The molecular weight excluding hydrogens is 729 g/mol. The number of allylic oxidation sites excluding steroid dienone is 10. The summed E-state index contributed by atoms with van der Waals surface area (Å²) in [6.07, 6.45) is 11.4. The van der Waals surface area contributed by atoms with Crippen molar-refractivity contribution in [3.8, 4) is 22.3 Å². The van der Waals surface area contributed by atoms with Gasteiger partial charge in [0.25, 0.3) is 0 Å². The van der Waals surface area contributed by atoms with Crippen molar-refractivity contribution in [1.29, 1.82) is 0 Å². The van der Waals surface area contributed by atoms with E-state index in [1.54, 1.807) is 12.5 Å². The summed E-state index contributed by atoms with van der Waals surface area (Å²) in [5, 5.41) is 0. The summed E-state index contributed by atoms with van der Waals surface area (Å²) in [6, 6.07) is 28.2. The molecule has 5 aromatic rings. The van der Waals surface area contributed by atoms with Crippen LogP contribution in [0.15, 0.2) is 168 Å². The van der Waals surface area contributed by atoms with Gasteiger partial charge in [-0.3, -0.25) is 9.59 Å². The fourth-order valence-electron chi connectivity index (χ4n) is 7.93. The molecule has 0 radical (unpaired) electrons. The van der Waals surface area contributed by atoms with E-state index < -0.39 is 21.7 Å². The molecule has 5 heteroatoms. The number of carbonyl (C=O) groups is 2. The molecule has 2 aromatic carbocycles. The Morgan fingerprint density at radius 1 is 0.407 bits per heavy atom. The van der Waals surface area contributed by atoms with Crippen molar-refractivity contribution in [3.63, 3.8) is 0 Å². The predicted molar refractivity (Wildman–Crippen MR) is 239 cm³/mol. The molecule has 2 aliphatic carbocycles. The molecule has 302 valence electrons. The third kappa shape index (κ3) is 7.96. The number of carbonyl (C=O) groups excluding carboxylic acids is 2. The predicted octanol–water partition coefficient (Wildman–Crippen LogP) is 14.5. The van der Waals surface area contributed by atoms with E-state index in [4.69, 9.17) is 13.3 Å². The number of benzene rings is 2. The van der Waals surface area contributed by atoms with Gasteiger partial charge in [0.15, 0.2) is 11.6 Å². The highest BCUT2D eigenvalue weighted by atomic mass is 16.4. The smallest absolute Gasteiger partial charge is 0.186 e. The SMILES string of the molecule is CC(C)(C)C1=CC(=C(c2ccco2)c2oc(C(=C3C=C(C(C)(C)C)C(=O)C(C(C)(C)C)=C3)c3ccco3)c(-c3ccccc3)c2-c2ccccc2)C=C(C(C)(C)C)C1=O. The van der Waals surface area contributed by atoms with Crippen LogP contribution in [0.25, 0.3) is 33.4 Å². The Morgan fingerprint density at radius 3 is 0.966 bits per heavy atom. The number of Topliss-reactive ketones (excluding diaryl/α,β-unsaturated/α-hetero) is 2. The number of hydrogen-bond donors (Lipinski definition) is 0. The molecule has 0 saturated carbocycles. The molecule has 0 aliphatic heterocycles. The van der Waals surface area contributed by atoms with Gasteiger partial charge in [0.1, 0.15) is 23.0 Å². The van der Waals surface area contributed by atoms with E-state index in [-0.39, 0.29) is 11.6 Å². The maximum absolute atomic E-state index is 14.3. The van der Waals surface area contributed by atoms with E-state index in [0.717, 1.165) is 33.4 Å². The molecule has 0 spiro atoms. The van der Waals surface area contributed by atoms with E-state index >= 15 is 0 Å². The first-order valence-corrected chi connectivity index (χ1v) is 20.5. The minimum atomic E-state index is -0.448. The third-order valence-corrected chi connectivity index (χ3v) is 11.0. The molecule has 0 amide bonds. The topological polar surface area (TPSA) is 73.6 Å². The van der Waals surface area contributed by atoms with Crippen LogP contribution in [-0.2, 0) is 9.59 Å². The van der Waals surface area contributed by atoms with Gasteiger partial charge in [0, 0.05) is 33.4 Å². The maximum atomic E-state index is 14.3. The van der Waals surface area contributed by atoms with E-state index in [1.807, 2.05) is 85.0 Å². The van der Waals surface area contributed by atoms with E-state index in [1.165, 1.54) is 0 Å². The average Bonchev–Trinajstić information content (AvgIpc) is 3.95. The van der Waals surface area contributed by atoms with Gasteiger partial charge in [-0.15, -0.1) is 0 Å². The first kappa shape index (κ1) is 41.2. The van der Waals surface area contributed by atoms with Crippen molar-refractivity contribution in [2.24, 2.45) is 21.7 Å². The van der Waals surface area contributed by atoms with Gasteiger partial charge in [-0.2, -0.15) is 0 Å². The molecule has 0 unspecified atom stereocenters. The van der Waals surface area contributed by atoms with Gasteiger partial charge >= 0.3 is 0 Å². The fourth-order valence-corrected chi connectivity index (χ4v) is 7.93. The molecule has 3 aromatic heterocycles. The lowest BCUT2D eigenvalue weighted by atomic mass is 9.71. The zero-order chi connectivity index (χ0) is 42.7. The summed E-state index contributed by atoms with van der Waals surface area (Å²) in [6.45, 7) is 25.0. The summed E-state index contributed by atoms with van der Waals surface area (Å²) in [5.74, 6) is 2.44. The molecule has 7 rings (SSSR count). The van der Waals surface area contributed by atoms with Crippen molar-refractivity contribution in [1.82, 2.24) is 0 Å². The Balaban J connectivity index is 1.74. The lowest BCUT2D eigenvalue weighted by Gasteiger charge is -2.32. The minimum absolute atomic E-state index is 0.0421. The summed E-state index contributed by atoms with van der Waals surface area (Å²) in [5.41, 5.74) is 7.71. The quantitative estimate of drug-likeness (QED) is 0.171. The second kappa shape index (κ2) is 15.0. The van der Waals surface area contributed by atoms with Crippen LogP contribution in [0.3, 0.4) is 0 Å². The first-order valence-electron chi connectivity index (χ1n) is 20.5. The van der Waals surface area contributed by atoms with Gasteiger partial charge in [-0.05, 0) is 92.5 Å². The van der Waals surface area contributed by atoms with Gasteiger partial charge in [0.2, 0.25) is 0 Å². The first-order chi connectivity index (χ1) is 27.7. The fraction of sp³-hybridized carbons (Fsp3) is 0.296. The molecule has 0 saturated heterocycles. The molecule has 0 N–H and O–H groups in total. The van der Waals surface area contributed by atoms with Crippen molar-refractivity contribution < 1.29 is 22.8 Å². The highest BCUT2D eigenvalue weighted by molar-refractivity contribution is 6.14. The van der Waals surface area contributed by atoms with Crippen molar-refractivity contribution in [2.45, 2.75) is 83.1 Å². The van der Waals surface area contributed by atoms with Crippen LogP contribution in [0, 0.1) is 21.7 Å². The molecule has 0 atom stereocenters. The van der Waals surface area contributed by atoms with E-state index in [2.05, 4.69) is 107 Å². The third-order valence-electron chi connectivity index (χ3n) is 11.0. The van der Waals surface area contributed by atoms with Crippen LogP contribution in [0.1, 0.15) is 106 Å². The Kier molecular flexibility index (Phi) is 10.5. The Bertz CT molecular complexity index is 2340. The van der Waals surface area contributed by atoms with E-state index in [9.17, 15) is 9.59 Å². The highest BCUT2D eigenvalue weighted by Crippen LogP contribution is 2.52. The summed E-state index contributed by atoms with van der Waals surface area (Å²) >= 11 is 0. The van der Waals surface area contributed by atoms with Crippen LogP contribution < -0.4 is 0 Å². The zero-order valence-electron chi connectivity index (χ0n) is 36.6. The van der Waals surface area contributed by atoms with E-state index in [0.29, 0.717) is 56.5 Å². The molecule has 5 nitrogen and oxygen atoms in total. The van der Waals surface area contributed by atoms with Crippen LogP contribution in [-0.4, -0.2) is 11.6 Å². The zero-order valence-corrected chi connectivity index (χ0v) is 36.6. The highest BCUT2D eigenvalue weighted by Gasteiger charge is 2.39. The molecule has 0 fully saturated rings. The lowest BCUT2D eigenvalue weighted by Crippen LogP contribution is -2.28. The van der Waals surface area contributed by atoms with Gasteiger partial charge < -0.3 is 13.3 Å². The summed E-state index contributed by atoms with van der Waals surface area (Å²) in [7, 11) is 0. The summed E-state index contributed by atoms with van der Waals surface area (Å²) < 4.78 is 20.2. The van der Waals surface area contributed by atoms with Gasteiger partial charge in [0.05, 0.1) is 23.7 Å². The van der Waals surface area contributed by atoms with Crippen LogP contribution in [0.2, 0.25) is 0 Å².